The van der Waals surface area contributed by atoms with E-state index in [2.05, 4.69) is 78.9 Å². The van der Waals surface area contributed by atoms with Crippen LogP contribution in [0.1, 0.15) is 19.3 Å². The average molecular weight is 606 g/mol. The zero-order chi connectivity index (χ0) is 31.2. The van der Waals surface area contributed by atoms with Crippen molar-refractivity contribution >= 4 is 22.6 Å². The Morgan fingerprint density at radius 1 is 0.553 bits per heavy atom. The van der Waals surface area contributed by atoms with Crippen molar-refractivity contribution in [3.05, 3.63) is 150 Å². The van der Waals surface area contributed by atoms with E-state index in [1.54, 1.807) is 0 Å². The molecule has 4 nitrogen and oxygen atoms in total. The highest BCUT2D eigenvalue weighted by Crippen LogP contribution is 2.35. The summed E-state index contributed by atoms with van der Waals surface area (Å²) in [6, 6.07) is 44.0. The summed E-state index contributed by atoms with van der Waals surface area (Å²) in [5.74, 6) is 2.55. The molecule has 0 saturated carbocycles. The predicted octanol–water partition coefficient (Wildman–Crippen LogP) is 9.25. The molecule has 4 heteroatoms. The van der Waals surface area contributed by atoms with Gasteiger partial charge in [0.15, 0.2) is 17.5 Å². The highest BCUT2D eigenvalue weighted by atomic mass is 16.3. The fraction of sp³-hybridized carbons (Fsp3) is 0.0930. The van der Waals surface area contributed by atoms with Gasteiger partial charge in [0.25, 0.3) is 0 Å². The predicted molar refractivity (Wildman–Crippen MR) is 190 cm³/mol. The fourth-order valence-corrected chi connectivity index (χ4v) is 7.02. The van der Waals surface area contributed by atoms with Crippen molar-refractivity contribution in [1.29, 1.82) is 0 Å². The van der Waals surface area contributed by atoms with Crippen molar-refractivity contribution in [2.75, 3.05) is 0 Å². The number of nitrogens with zero attached hydrogens (tertiary/aromatic N) is 3. The standard InChI is InChI=1S/C43H31N3O/c1-3-12-31(13-4-1)41-44-42(32-14-5-2-6-15-32)46-43(45-41)36-18-10-9-16-34(36)30-21-19-28(20-22-30)33-24-25-38-37(27-33)40-35-17-8-7-11-29(35)23-26-39(40)47-38/h1-6,8-10,12-22,24-27,29H,7,11,23H2. The van der Waals surface area contributed by atoms with Gasteiger partial charge in [-0.05, 0) is 71.2 Å². The zero-order valence-corrected chi connectivity index (χ0v) is 25.8. The highest BCUT2D eigenvalue weighted by Gasteiger charge is 2.22. The molecular formula is C43H31N3O. The summed E-state index contributed by atoms with van der Waals surface area (Å²) in [6.45, 7) is 0. The summed E-state index contributed by atoms with van der Waals surface area (Å²) in [5.41, 5.74) is 10.8. The number of aromatic nitrogens is 3. The third-order valence-corrected chi connectivity index (χ3v) is 9.41. The van der Waals surface area contributed by atoms with Crippen LogP contribution in [0.4, 0.5) is 0 Å². The Labute approximate surface area is 273 Å². The van der Waals surface area contributed by atoms with Gasteiger partial charge in [0, 0.05) is 27.3 Å². The van der Waals surface area contributed by atoms with Crippen LogP contribution in [0.3, 0.4) is 0 Å². The van der Waals surface area contributed by atoms with Gasteiger partial charge in [-0.15, -0.1) is 0 Å². The van der Waals surface area contributed by atoms with Crippen LogP contribution in [0.5, 0.6) is 0 Å². The maximum Gasteiger partial charge on any atom is 0.164 e. The first-order valence-electron chi connectivity index (χ1n) is 16.3. The van der Waals surface area contributed by atoms with Gasteiger partial charge in [0.05, 0.1) is 0 Å². The van der Waals surface area contributed by atoms with E-state index in [4.69, 9.17) is 19.4 Å². The molecule has 2 heterocycles. The van der Waals surface area contributed by atoms with Crippen LogP contribution in [-0.4, -0.2) is 15.0 Å². The maximum atomic E-state index is 6.31. The second kappa shape index (κ2) is 11.5. The van der Waals surface area contributed by atoms with Crippen LogP contribution in [0.15, 0.2) is 144 Å². The van der Waals surface area contributed by atoms with Crippen molar-refractivity contribution in [3.8, 4) is 56.4 Å². The summed E-state index contributed by atoms with van der Waals surface area (Å²) >= 11 is 0. The molecule has 5 aromatic carbocycles. The van der Waals surface area contributed by atoms with Gasteiger partial charge >= 0.3 is 0 Å². The van der Waals surface area contributed by atoms with E-state index >= 15 is 0 Å². The molecule has 7 aromatic rings. The molecule has 1 unspecified atom stereocenters. The number of benzene rings is 5. The first-order valence-corrected chi connectivity index (χ1v) is 16.3. The van der Waals surface area contributed by atoms with Crippen LogP contribution < -0.4 is 10.6 Å². The lowest BCUT2D eigenvalue weighted by Crippen LogP contribution is -2.30. The minimum absolute atomic E-state index is 0.591. The summed E-state index contributed by atoms with van der Waals surface area (Å²) < 4.78 is 6.31. The molecule has 0 bridgehead atoms. The first-order chi connectivity index (χ1) is 23.3. The highest BCUT2D eigenvalue weighted by molar-refractivity contribution is 5.88. The number of hydrogen-bond donors (Lipinski definition) is 0. The van der Waals surface area contributed by atoms with E-state index in [1.165, 1.54) is 33.7 Å². The molecule has 0 radical (unpaired) electrons. The molecule has 0 spiro atoms. The Morgan fingerprint density at radius 3 is 1.89 bits per heavy atom. The van der Waals surface area contributed by atoms with Gasteiger partial charge in [-0.25, -0.2) is 15.0 Å². The summed E-state index contributed by atoms with van der Waals surface area (Å²) in [7, 11) is 0. The third-order valence-electron chi connectivity index (χ3n) is 9.41. The molecule has 0 amide bonds. The zero-order valence-electron chi connectivity index (χ0n) is 25.8. The largest absolute Gasteiger partial charge is 0.456 e. The second-order valence-corrected chi connectivity index (χ2v) is 12.3. The molecule has 0 fully saturated rings. The van der Waals surface area contributed by atoms with Crippen LogP contribution in [-0.2, 0) is 0 Å². The smallest absolute Gasteiger partial charge is 0.164 e. The van der Waals surface area contributed by atoms with E-state index in [-0.39, 0.29) is 0 Å². The van der Waals surface area contributed by atoms with Crippen LogP contribution >= 0.6 is 0 Å². The van der Waals surface area contributed by atoms with Gasteiger partial charge in [0.1, 0.15) is 11.0 Å². The lowest BCUT2D eigenvalue weighted by atomic mass is 9.83. The Balaban J connectivity index is 1.12. The summed E-state index contributed by atoms with van der Waals surface area (Å²) in [4.78, 5) is 14.9. The molecule has 47 heavy (non-hydrogen) atoms. The number of rotatable bonds is 5. The van der Waals surface area contributed by atoms with E-state index in [1.807, 2.05) is 66.7 Å². The Morgan fingerprint density at radius 2 is 1.17 bits per heavy atom. The normalized spacial score (nSPS) is 15.2. The minimum Gasteiger partial charge on any atom is -0.456 e. The maximum absolute atomic E-state index is 6.31. The van der Waals surface area contributed by atoms with Gasteiger partial charge in [-0.3, -0.25) is 0 Å². The van der Waals surface area contributed by atoms with Gasteiger partial charge in [0.2, 0.25) is 0 Å². The van der Waals surface area contributed by atoms with Gasteiger partial charge in [-0.1, -0.05) is 127 Å². The summed E-state index contributed by atoms with van der Waals surface area (Å²) in [5, 5.41) is 2.48. The van der Waals surface area contributed by atoms with Crippen LogP contribution in [0.2, 0.25) is 0 Å². The van der Waals surface area contributed by atoms with Crippen molar-refractivity contribution < 1.29 is 4.42 Å². The van der Waals surface area contributed by atoms with E-state index in [0.717, 1.165) is 51.7 Å². The quantitative estimate of drug-likeness (QED) is 0.196. The lowest BCUT2D eigenvalue weighted by Gasteiger charge is -2.21. The van der Waals surface area contributed by atoms with Gasteiger partial charge in [-0.2, -0.15) is 0 Å². The molecule has 0 aliphatic heterocycles. The van der Waals surface area contributed by atoms with E-state index in [0.29, 0.717) is 23.4 Å². The molecule has 9 rings (SSSR count). The number of allylic oxidation sites excluding steroid dienone is 2. The molecule has 0 saturated heterocycles. The topological polar surface area (TPSA) is 51.8 Å². The molecule has 2 aliphatic carbocycles. The van der Waals surface area contributed by atoms with Crippen molar-refractivity contribution in [1.82, 2.24) is 15.0 Å². The third kappa shape index (κ3) is 4.99. The van der Waals surface area contributed by atoms with Crippen LogP contribution in [0, 0.1) is 5.92 Å². The molecular weight excluding hydrogens is 574 g/mol. The van der Waals surface area contributed by atoms with Crippen molar-refractivity contribution in [2.45, 2.75) is 19.3 Å². The lowest BCUT2D eigenvalue weighted by molar-refractivity contribution is 0.554. The van der Waals surface area contributed by atoms with Crippen LogP contribution in [0.25, 0.3) is 79.0 Å². The number of fused-ring (bicyclic) bond motifs is 4. The SMILES string of the molecule is C1=CC2=c3c(oc4ccc(-c5ccc(-c6ccccc6-c6nc(-c7ccccc7)nc(-c7ccccc7)n6)cc5)cc34)=CCC2CC1. The Bertz CT molecular complexity index is 2370. The van der Waals surface area contributed by atoms with E-state index in [9.17, 15) is 0 Å². The number of furan rings is 1. The van der Waals surface area contributed by atoms with Crippen molar-refractivity contribution in [2.24, 2.45) is 5.92 Å². The van der Waals surface area contributed by atoms with Gasteiger partial charge < -0.3 is 4.42 Å². The first kappa shape index (κ1) is 27.4. The van der Waals surface area contributed by atoms with E-state index < -0.39 is 0 Å². The van der Waals surface area contributed by atoms with Crippen molar-refractivity contribution in [3.63, 3.8) is 0 Å². The molecule has 2 aliphatic rings. The molecule has 2 aromatic heterocycles. The monoisotopic (exact) mass is 605 g/mol. The molecule has 224 valence electrons. The fourth-order valence-electron chi connectivity index (χ4n) is 7.02. The summed E-state index contributed by atoms with van der Waals surface area (Å²) in [6.07, 6.45) is 10.3. The number of hydrogen-bond acceptors (Lipinski definition) is 4. The second-order valence-electron chi connectivity index (χ2n) is 12.3. The molecule has 1 atom stereocenters. The minimum atomic E-state index is 0.591. The Hall–Kier alpha value is -5.87. The Kier molecular flexibility index (Phi) is 6.71. The average Bonchev–Trinajstić information content (AvgIpc) is 3.54. The molecule has 0 N–H and O–H groups in total.